The van der Waals surface area contributed by atoms with Crippen molar-refractivity contribution in [1.82, 2.24) is 5.43 Å². The molecule has 8 heteroatoms. The quantitative estimate of drug-likeness (QED) is 0.299. The highest BCUT2D eigenvalue weighted by Crippen LogP contribution is 2.23. The Balaban J connectivity index is 1.62. The van der Waals surface area contributed by atoms with Gasteiger partial charge < -0.3 is 10.1 Å². The molecular weight excluding hydrogens is 470 g/mol. The maximum absolute atomic E-state index is 12.0. The minimum absolute atomic E-state index is 0.330. The van der Waals surface area contributed by atoms with E-state index in [4.69, 9.17) is 16.3 Å². The Morgan fingerprint density at radius 3 is 2.50 bits per heavy atom. The summed E-state index contributed by atoms with van der Waals surface area (Å²) in [5, 5.41) is 6.62. The number of nitrogens with one attached hydrogen (secondary N) is 2. The lowest BCUT2D eigenvalue weighted by Crippen LogP contribution is -2.32. The number of rotatable bonds is 6. The molecule has 0 unspecified atom stereocenters. The van der Waals surface area contributed by atoms with E-state index in [9.17, 15) is 9.59 Å². The molecule has 3 aromatic carbocycles. The summed E-state index contributed by atoms with van der Waals surface area (Å²) in [4.78, 5) is 24.0. The molecule has 0 aliphatic heterocycles. The summed E-state index contributed by atoms with van der Waals surface area (Å²) in [6.45, 7) is 0.385. The summed E-state index contributed by atoms with van der Waals surface area (Å²) in [6, 6.07) is 21.8. The molecule has 0 saturated carbocycles. The van der Waals surface area contributed by atoms with Crippen LogP contribution in [0, 0.1) is 0 Å². The maximum Gasteiger partial charge on any atom is 0.329 e. The number of carbonyl (C=O) groups is 2. The number of hydrazone groups is 1. The second-order valence-electron chi connectivity index (χ2n) is 6.09. The van der Waals surface area contributed by atoms with Crippen LogP contribution in [-0.4, -0.2) is 18.0 Å². The van der Waals surface area contributed by atoms with Gasteiger partial charge in [-0.1, -0.05) is 70.0 Å². The predicted molar refractivity (Wildman–Crippen MR) is 121 cm³/mol. The number of hydrogen-bond donors (Lipinski definition) is 2. The first-order chi connectivity index (χ1) is 14.5. The average molecular weight is 487 g/mol. The van der Waals surface area contributed by atoms with Crippen molar-refractivity contribution in [3.05, 3.63) is 93.4 Å². The van der Waals surface area contributed by atoms with Gasteiger partial charge in [0.2, 0.25) is 0 Å². The molecule has 30 heavy (non-hydrogen) atoms. The van der Waals surface area contributed by atoms with E-state index < -0.39 is 11.8 Å². The van der Waals surface area contributed by atoms with Crippen molar-refractivity contribution in [2.75, 3.05) is 5.32 Å². The molecule has 0 atom stereocenters. The normalized spacial score (nSPS) is 10.6. The van der Waals surface area contributed by atoms with E-state index in [2.05, 4.69) is 31.8 Å². The van der Waals surface area contributed by atoms with Gasteiger partial charge in [0, 0.05) is 10.0 Å². The molecule has 152 valence electrons. The molecule has 3 aromatic rings. The molecule has 0 aliphatic carbocycles. The molecule has 0 heterocycles. The standard InChI is InChI=1S/C22H17BrClN3O3/c23-17-10-11-20(30-14-15-6-2-1-3-7-15)16(12-17)13-25-27-22(29)21(28)26-19-9-5-4-8-18(19)24/h1-13H,14H2,(H,26,28)(H,27,29)/b25-13+. The van der Waals surface area contributed by atoms with E-state index in [1.54, 1.807) is 36.4 Å². The summed E-state index contributed by atoms with van der Waals surface area (Å²) in [5.41, 5.74) is 4.19. The fourth-order valence-corrected chi connectivity index (χ4v) is 3.00. The first-order valence-corrected chi connectivity index (χ1v) is 10.1. The smallest absolute Gasteiger partial charge is 0.329 e. The predicted octanol–water partition coefficient (Wildman–Crippen LogP) is 4.77. The third-order valence-electron chi connectivity index (χ3n) is 3.91. The molecule has 3 rings (SSSR count). The van der Waals surface area contributed by atoms with Crippen molar-refractivity contribution in [3.8, 4) is 5.75 Å². The molecule has 2 amide bonds. The summed E-state index contributed by atoms with van der Waals surface area (Å²) in [7, 11) is 0. The van der Waals surface area contributed by atoms with Crippen molar-refractivity contribution in [2.45, 2.75) is 6.61 Å². The number of anilines is 1. The van der Waals surface area contributed by atoms with Gasteiger partial charge in [-0.25, -0.2) is 5.43 Å². The Kier molecular flexibility index (Phi) is 7.59. The molecular formula is C22H17BrClN3O3. The molecule has 2 N–H and O–H groups in total. The third-order valence-corrected chi connectivity index (χ3v) is 4.73. The fourth-order valence-electron chi connectivity index (χ4n) is 2.44. The van der Waals surface area contributed by atoms with Crippen molar-refractivity contribution in [3.63, 3.8) is 0 Å². The Labute approximate surface area is 187 Å². The minimum atomic E-state index is -0.923. The van der Waals surface area contributed by atoms with Crippen LogP contribution < -0.4 is 15.5 Å². The Hall–Kier alpha value is -3.16. The van der Waals surface area contributed by atoms with Gasteiger partial charge in [-0.15, -0.1) is 0 Å². The van der Waals surface area contributed by atoms with E-state index in [-0.39, 0.29) is 0 Å². The molecule has 0 aromatic heterocycles. The molecule has 6 nitrogen and oxygen atoms in total. The van der Waals surface area contributed by atoms with Gasteiger partial charge in [0.25, 0.3) is 0 Å². The molecule has 0 aliphatic rings. The molecule has 0 fully saturated rings. The van der Waals surface area contributed by atoms with E-state index in [0.717, 1.165) is 10.0 Å². The summed E-state index contributed by atoms with van der Waals surface area (Å²) in [5.74, 6) is -1.22. The van der Waals surface area contributed by atoms with Gasteiger partial charge in [0.1, 0.15) is 12.4 Å². The number of para-hydroxylation sites is 1. The monoisotopic (exact) mass is 485 g/mol. The van der Waals surface area contributed by atoms with Crippen LogP contribution in [0.4, 0.5) is 5.69 Å². The van der Waals surface area contributed by atoms with Crippen LogP contribution in [0.2, 0.25) is 5.02 Å². The highest BCUT2D eigenvalue weighted by atomic mass is 79.9. The molecule has 0 radical (unpaired) electrons. The van der Waals surface area contributed by atoms with Crippen molar-refractivity contribution >= 4 is 51.2 Å². The number of hydrogen-bond acceptors (Lipinski definition) is 4. The van der Waals surface area contributed by atoms with Crippen molar-refractivity contribution < 1.29 is 14.3 Å². The van der Waals surface area contributed by atoms with E-state index in [1.807, 2.05) is 36.4 Å². The zero-order valence-electron chi connectivity index (χ0n) is 15.6. The number of halogens is 2. The maximum atomic E-state index is 12.0. The second kappa shape index (κ2) is 10.6. The van der Waals surface area contributed by atoms with E-state index >= 15 is 0 Å². The van der Waals surface area contributed by atoms with Crippen molar-refractivity contribution in [2.24, 2.45) is 5.10 Å². The highest BCUT2D eigenvalue weighted by Gasteiger charge is 2.14. The van der Waals surface area contributed by atoms with Crippen LogP contribution in [0.1, 0.15) is 11.1 Å². The Morgan fingerprint density at radius 2 is 1.73 bits per heavy atom. The van der Waals surface area contributed by atoms with Crippen LogP contribution in [0.5, 0.6) is 5.75 Å². The number of nitrogens with zero attached hydrogens (tertiary/aromatic N) is 1. The number of benzene rings is 3. The van der Waals surface area contributed by atoms with Gasteiger partial charge in [-0.3, -0.25) is 9.59 Å². The van der Waals surface area contributed by atoms with Crippen LogP contribution in [-0.2, 0) is 16.2 Å². The summed E-state index contributed by atoms with van der Waals surface area (Å²) >= 11 is 9.37. The number of ether oxygens (including phenoxy) is 1. The van der Waals surface area contributed by atoms with Crippen LogP contribution in [0.25, 0.3) is 0 Å². The van der Waals surface area contributed by atoms with Gasteiger partial charge in [0.05, 0.1) is 16.9 Å². The number of amides is 2. The summed E-state index contributed by atoms with van der Waals surface area (Å²) < 4.78 is 6.67. The summed E-state index contributed by atoms with van der Waals surface area (Å²) in [6.07, 6.45) is 1.41. The largest absolute Gasteiger partial charge is 0.488 e. The SMILES string of the molecule is O=C(N/N=C/c1cc(Br)ccc1OCc1ccccc1)C(=O)Nc1ccccc1Cl. The second-order valence-corrected chi connectivity index (χ2v) is 7.41. The minimum Gasteiger partial charge on any atom is -0.488 e. The Bertz CT molecular complexity index is 1070. The average Bonchev–Trinajstić information content (AvgIpc) is 2.75. The Morgan fingerprint density at radius 1 is 1.00 bits per heavy atom. The van der Waals surface area contributed by atoms with E-state index in [1.165, 1.54) is 6.21 Å². The molecule has 0 saturated heterocycles. The zero-order valence-corrected chi connectivity index (χ0v) is 18.0. The van der Waals surface area contributed by atoms with Gasteiger partial charge >= 0.3 is 11.8 Å². The van der Waals surface area contributed by atoms with Gasteiger partial charge in [-0.2, -0.15) is 5.10 Å². The van der Waals surface area contributed by atoms with Crippen LogP contribution in [0.3, 0.4) is 0 Å². The first kappa shape index (κ1) is 21.5. The van der Waals surface area contributed by atoms with Crippen LogP contribution >= 0.6 is 27.5 Å². The van der Waals surface area contributed by atoms with Gasteiger partial charge in [-0.05, 0) is 35.9 Å². The van der Waals surface area contributed by atoms with Gasteiger partial charge in [0.15, 0.2) is 0 Å². The highest BCUT2D eigenvalue weighted by molar-refractivity contribution is 9.10. The lowest BCUT2D eigenvalue weighted by atomic mass is 10.2. The zero-order chi connectivity index (χ0) is 21.3. The lowest BCUT2D eigenvalue weighted by molar-refractivity contribution is -0.136. The van der Waals surface area contributed by atoms with Crippen molar-refractivity contribution in [1.29, 1.82) is 0 Å². The molecule has 0 spiro atoms. The molecule has 0 bridgehead atoms. The topological polar surface area (TPSA) is 79.8 Å². The third kappa shape index (κ3) is 6.17. The lowest BCUT2D eigenvalue weighted by Gasteiger charge is -2.10. The first-order valence-electron chi connectivity index (χ1n) is 8.88. The van der Waals surface area contributed by atoms with Crippen LogP contribution in [0.15, 0.2) is 82.4 Å². The van der Waals surface area contributed by atoms with E-state index in [0.29, 0.717) is 28.6 Å². The number of carbonyl (C=O) groups excluding carboxylic acids is 2. The fraction of sp³-hybridized carbons (Fsp3) is 0.0455.